The Kier molecular flexibility index (Phi) is 6.08. The number of aromatic nitrogens is 1. The molecule has 1 saturated heterocycles. The Morgan fingerprint density at radius 1 is 1.16 bits per heavy atom. The molecule has 1 aliphatic rings. The molecule has 0 aliphatic carbocycles. The molecule has 3 aromatic rings. The fourth-order valence-electron chi connectivity index (χ4n) is 3.36. The molecule has 0 radical (unpaired) electrons. The lowest BCUT2D eigenvalue weighted by molar-refractivity contribution is -0.129. The second kappa shape index (κ2) is 9.09. The molecular weight excluding hydrogens is 414 g/mol. The van der Waals surface area contributed by atoms with E-state index in [0.29, 0.717) is 23.6 Å². The summed E-state index contributed by atoms with van der Waals surface area (Å²) in [7, 11) is 1.58. The minimum Gasteiger partial charge on any atom is -0.497 e. The van der Waals surface area contributed by atoms with Crippen molar-refractivity contribution < 1.29 is 19.1 Å². The number of ether oxygens (including phenoxy) is 1. The summed E-state index contributed by atoms with van der Waals surface area (Å²) in [5.41, 5.74) is 2.92. The van der Waals surface area contributed by atoms with Gasteiger partial charge < -0.3 is 15.0 Å². The van der Waals surface area contributed by atoms with E-state index in [1.807, 2.05) is 30.5 Å². The first-order valence-electron chi connectivity index (χ1n) is 9.76. The van der Waals surface area contributed by atoms with Crippen LogP contribution in [0, 0.1) is 0 Å². The molecule has 4 rings (SSSR count). The predicted molar refractivity (Wildman–Crippen MR) is 121 cm³/mol. The third kappa shape index (κ3) is 4.64. The Morgan fingerprint density at radius 3 is 2.71 bits per heavy atom. The summed E-state index contributed by atoms with van der Waals surface area (Å²) in [6, 6.07) is 15.1. The van der Waals surface area contributed by atoms with Crippen LogP contribution in [0.3, 0.4) is 0 Å². The molecule has 0 saturated carbocycles. The average molecular weight is 436 g/mol. The summed E-state index contributed by atoms with van der Waals surface area (Å²) >= 11 is 0.835. The van der Waals surface area contributed by atoms with Gasteiger partial charge in [-0.2, -0.15) is 0 Å². The summed E-state index contributed by atoms with van der Waals surface area (Å²) in [6.45, 7) is 0.122. The Hall–Kier alpha value is -3.52. The van der Waals surface area contributed by atoms with Crippen molar-refractivity contribution in [3.8, 4) is 5.75 Å². The molecule has 7 nitrogen and oxygen atoms in total. The highest BCUT2D eigenvalue weighted by Crippen LogP contribution is 2.32. The highest BCUT2D eigenvalue weighted by Gasteiger charge is 2.36. The standard InChI is InChI=1S/C23H21N3O4S/c1-30-17-8-6-15(7-9-17)12-20-22(28)26(23(29)31-20)14-21(27)24-11-10-16-13-25-19-5-3-2-4-18(16)19/h2-9,12-13,25H,10-11,14H2,1H3,(H,24,27)/b20-12-. The predicted octanol–water partition coefficient (Wildman–Crippen LogP) is 3.57. The van der Waals surface area contributed by atoms with Crippen LogP contribution in [0.25, 0.3) is 17.0 Å². The van der Waals surface area contributed by atoms with Crippen molar-refractivity contribution >= 4 is 45.8 Å². The Balaban J connectivity index is 1.33. The van der Waals surface area contributed by atoms with Crippen LogP contribution in [-0.4, -0.2) is 47.1 Å². The van der Waals surface area contributed by atoms with Crippen LogP contribution >= 0.6 is 11.8 Å². The van der Waals surface area contributed by atoms with E-state index in [-0.39, 0.29) is 12.5 Å². The lowest BCUT2D eigenvalue weighted by Gasteiger charge is -2.12. The third-order valence-electron chi connectivity index (χ3n) is 4.98. The van der Waals surface area contributed by atoms with Gasteiger partial charge in [0.1, 0.15) is 12.3 Å². The number of imide groups is 1. The number of nitrogens with zero attached hydrogens (tertiary/aromatic N) is 1. The molecule has 3 amide bonds. The average Bonchev–Trinajstić information content (AvgIpc) is 3.30. The lowest BCUT2D eigenvalue weighted by atomic mass is 10.1. The molecule has 0 bridgehead atoms. The zero-order chi connectivity index (χ0) is 21.8. The molecule has 31 heavy (non-hydrogen) atoms. The maximum absolute atomic E-state index is 12.6. The van der Waals surface area contributed by atoms with Crippen molar-refractivity contribution in [2.24, 2.45) is 0 Å². The fourth-order valence-corrected chi connectivity index (χ4v) is 4.20. The number of methoxy groups -OCH3 is 1. The largest absolute Gasteiger partial charge is 0.497 e. The van der Waals surface area contributed by atoms with E-state index in [4.69, 9.17) is 4.74 Å². The van der Waals surface area contributed by atoms with Crippen LogP contribution in [0.5, 0.6) is 5.75 Å². The van der Waals surface area contributed by atoms with Crippen LogP contribution < -0.4 is 10.1 Å². The summed E-state index contributed by atoms with van der Waals surface area (Å²) in [5, 5.41) is 3.46. The van der Waals surface area contributed by atoms with Gasteiger partial charge in [0.15, 0.2) is 0 Å². The summed E-state index contributed by atoms with van der Waals surface area (Å²) in [5.74, 6) is -0.125. The molecule has 1 aliphatic heterocycles. The molecular formula is C23H21N3O4S. The summed E-state index contributed by atoms with van der Waals surface area (Å²) in [6.07, 6.45) is 4.21. The zero-order valence-electron chi connectivity index (χ0n) is 16.9. The van der Waals surface area contributed by atoms with Crippen molar-refractivity contribution in [1.82, 2.24) is 15.2 Å². The van der Waals surface area contributed by atoms with E-state index < -0.39 is 11.1 Å². The molecule has 2 N–H and O–H groups in total. The van der Waals surface area contributed by atoms with Crippen LogP contribution in [-0.2, 0) is 16.0 Å². The molecule has 0 unspecified atom stereocenters. The highest BCUT2D eigenvalue weighted by atomic mass is 32.2. The van der Waals surface area contributed by atoms with E-state index in [1.165, 1.54) is 0 Å². The van der Waals surface area contributed by atoms with Gasteiger partial charge in [-0.25, -0.2) is 0 Å². The minimum atomic E-state index is -0.461. The number of nitrogens with one attached hydrogen (secondary N) is 2. The number of benzene rings is 2. The Morgan fingerprint density at radius 2 is 1.94 bits per heavy atom. The van der Waals surface area contributed by atoms with Gasteiger partial charge in [0.25, 0.3) is 11.1 Å². The van der Waals surface area contributed by atoms with Gasteiger partial charge in [-0.1, -0.05) is 30.3 Å². The first-order chi connectivity index (χ1) is 15.0. The summed E-state index contributed by atoms with van der Waals surface area (Å²) < 4.78 is 5.11. The number of carbonyl (C=O) groups excluding carboxylic acids is 3. The molecule has 8 heteroatoms. The van der Waals surface area contributed by atoms with Crippen LogP contribution in [0.2, 0.25) is 0 Å². The number of hydrogen-bond donors (Lipinski definition) is 2. The first kappa shape index (κ1) is 20.7. The number of hydrogen-bond acceptors (Lipinski definition) is 5. The smallest absolute Gasteiger partial charge is 0.294 e. The van der Waals surface area contributed by atoms with Crippen LogP contribution in [0.4, 0.5) is 4.79 Å². The first-order valence-corrected chi connectivity index (χ1v) is 10.6. The molecule has 158 valence electrons. The van der Waals surface area contributed by atoms with Crippen molar-refractivity contribution in [3.63, 3.8) is 0 Å². The number of H-pyrrole nitrogens is 1. The van der Waals surface area contributed by atoms with Gasteiger partial charge in [0.05, 0.1) is 12.0 Å². The second-order valence-corrected chi connectivity index (χ2v) is 7.99. The molecule has 2 heterocycles. The van der Waals surface area contributed by atoms with Gasteiger partial charge in [-0.15, -0.1) is 0 Å². The maximum atomic E-state index is 12.6. The van der Waals surface area contributed by atoms with E-state index in [2.05, 4.69) is 10.3 Å². The number of carbonyl (C=O) groups is 3. The van der Waals surface area contributed by atoms with Gasteiger partial charge in [0, 0.05) is 23.6 Å². The van der Waals surface area contributed by atoms with Gasteiger partial charge >= 0.3 is 0 Å². The van der Waals surface area contributed by atoms with Crippen molar-refractivity contribution in [2.75, 3.05) is 20.2 Å². The molecule has 2 aromatic carbocycles. The fraction of sp³-hybridized carbons (Fsp3) is 0.174. The zero-order valence-corrected chi connectivity index (χ0v) is 17.7. The summed E-state index contributed by atoms with van der Waals surface area (Å²) in [4.78, 5) is 41.6. The Bertz CT molecular complexity index is 1170. The minimum absolute atomic E-state index is 0.293. The van der Waals surface area contributed by atoms with Crippen molar-refractivity contribution in [1.29, 1.82) is 0 Å². The van der Waals surface area contributed by atoms with Crippen molar-refractivity contribution in [3.05, 3.63) is 70.8 Å². The monoisotopic (exact) mass is 435 g/mol. The maximum Gasteiger partial charge on any atom is 0.294 e. The number of amides is 3. The highest BCUT2D eigenvalue weighted by molar-refractivity contribution is 8.18. The molecule has 1 fully saturated rings. The Labute approximate surface area is 183 Å². The number of rotatable bonds is 7. The molecule has 1 aromatic heterocycles. The van der Waals surface area contributed by atoms with Crippen molar-refractivity contribution in [2.45, 2.75) is 6.42 Å². The number of fused-ring (bicyclic) bond motifs is 1. The second-order valence-electron chi connectivity index (χ2n) is 7.00. The van der Waals surface area contributed by atoms with E-state index >= 15 is 0 Å². The third-order valence-corrected chi connectivity index (χ3v) is 5.89. The van der Waals surface area contributed by atoms with E-state index in [0.717, 1.165) is 38.7 Å². The molecule has 0 atom stereocenters. The van der Waals surface area contributed by atoms with Gasteiger partial charge in [0.2, 0.25) is 5.91 Å². The quantitative estimate of drug-likeness (QED) is 0.554. The molecule has 0 spiro atoms. The number of para-hydroxylation sites is 1. The van der Waals surface area contributed by atoms with Gasteiger partial charge in [-0.3, -0.25) is 19.3 Å². The van der Waals surface area contributed by atoms with Crippen LogP contribution in [0.15, 0.2) is 59.6 Å². The normalized spacial score (nSPS) is 15.1. The SMILES string of the molecule is COc1ccc(/C=C2\SC(=O)N(CC(=O)NCCc3c[nH]c4ccccc34)C2=O)cc1. The van der Waals surface area contributed by atoms with E-state index in [9.17, 15) is 14.4 Å². The lowest BCUT2D eigenvalue weighted by Crippen LogP contribution is -2.40. The van der Waals surface area contributed by atoms with Crippen LogP contribution in [0.1, 0.15) is 11.1 Å². The van der Waals surface area contributed by atoms with Gasteiger partial charge in [-0.05, 0) is 53.6 Å². The van der Waals surface area contributed by atoms with E-state index in [1.54, 1.807) is 37.5 Å². The number of thioether (sulfide) groups is 1. The topological polar surface area (TPSA) is 91.5 Å². The number of aromatic amines is 1.